The zero-order valence-corrected chi connectivity index (χ0v) is 18.7. The normalized spacial score (nSPS) is 16.0. The van der Waals surface area contributed by atoms with E-state index >= 15 is 0 Å². The van der Waals surface area contributed by atoms with Gasteiger partial charge in [0.25, 0.3) is 5.91 Å². The average Bonchev–Trinajstić information content (AvgIpc) is 3.16. The fraction of sp³-hybridized carbons (Fsp3) is 0.250. The predicted octanol–water partition coefficient (Wildman–Crippen LogP) is 2.85. The van der Waals surface area contributed by atoms with Crippen molar-refractivity contribution in [3.8, 4) is 28.8 Å². The smallest absolute Gasteiger partial charge is 0.255 e. The first-order valence-electron chi connectivity index (χ1n) is 10.5. The highest BCUT2D eigenvalue weighted by molar-refractivity contribution is 6.32. The topological polar surface area (TPSA) is 114 Å². The molecule has 5 rings (SSSR count). The lowest BCUT2D eigenvalue weighted by molar-refractivity contribution is -0.0229. The molecule has 0 radical (unpaired) electrons. The lowest BCUT2D eigenvalue weighted by Crippen LogP contribution is -2.56. The molecule has 1 aromatic carbocycles. The lowest BCUT2D eigenvalue weighted by atomic mass is 9.98. The van der Waals surface area contributed by atoms with Gasteiger partial charge in [-0.25, -0.2) is 0 Å². The Morgan fingerprint density at radius 3 is 2.94 bits per heavy atom. The fourth-order valence-electron chi connectivity index (χ4n) is 3.95. The Morgan fingerprint density at radius 1 is 1.33 bits per heavy atom. The summed E-state index contributed by atoms with van der Waals surface area (Å²) in [5.74, 6) is 6.59. The van der Waals surface area contributed by atoms with Crippen LogP contribution in [-0.2, 0) is 11.2 Å². The number of carbonyl (C=O) groups is 1. The van der Waals surface area contributed by atoms with E-state index in [9.17, 15) is 4.79 Å². The number of anilines is 2. The van der Waals surface area contributed by atoms with Crippen LogP contribution < -0.4 is 21.1 Å². The second-order valence-electron chi connectivity index (χ2n) is 8.00. The van der Waals surface area contributed by atoms with Gasteiger partial charge in [0.15, 0.2) is 5.75 Å². The van der Waals surface area contributed by atoms with Gasteiger partial charge >= 0.3 is 0 Å². The predicted molar refractivity (Wildman–Crippen MR) is 126 cm³/mol. The first-order valence-corrected chi connectivity index (χ1v) is 10.8. The summed E-state index contributed by atoms with van der Waals surface area (Å²) in [7, 11) is 1.55. The average molecular weight is 464 g/mol. The summed E-state index contributed by atoms with van der Waals surface area (Å²) >= 11 is 6.33. The number of halogens is 1. The molecule has 0 aliphatic carbocycles. The molecule has 168 valence electrons. The van der Waals surface area contributed by atoms with Gasteiger partial charge in [-0.15, -0.1) is 0 Å². The number of carbonyl (C=O) groups excluding carboxylic acids is 1. The number of hydrogen-bond donors (Lipinski definition) is 4. The lowest BCUT2D eigenvalue weighted by Gasteiger charge is -2.32. The van der Waals surface area contributed by atoms with Crippen molar-refractivity contribution in [1.29, 1.82) is 0 Å². The van der Waals surface area contributed by atoms with Crippen molar-refractivity contribution >= 4 is 28.9 Å². The minimum Gasteiger partial charge on any atom is -0.493 e. The number of ether oxygens (including phenoxy) is 2. The monoisotopic (exact) mass is 463 g/mol. The molecule has 0 saturated carbocycles. The highest BCUT2D eigenvalue weighted by Gasteiger charge is 2.32. The van der Waals surface area contributed by atoms with Crippen LogP contribution in [0.5, 0.6) is 5.75 Å². The molecule has 0 spiro atoms. The minimum atomic E-state index is -0.656. The first-order chi connectivity index (χ1) is 16.0. The van der Waals surface area contributed by atoms with Crippen LogP contribution in [0.3, 0.4) is 0 Å². The largest absolute Gasteiger partial charge is 0.493 e. The van der Waals surface area contributed by atoms with Gasteiger partial charge in [-0.2, -0.15) is 0 Å². The second-order valence-corrected chi connectivity index (χ2v) is 8.41. The Morgan fingerprint density at radius 2 is 2.18 bits per heavy atom. The summed E-state index contributed by atoms with van der Waals surface area (Å²) in [6, 6.07) is 7.27. The third kappa shape index (κ3) is 3.91. The number of nitrogens with one attached hydrogen (secondary N) is 3. The van der Waals surface area contributed by atoms with Crippen molar-refractivity contribution in [2.45, 2.75) is 12.0 Å². The number of hydrogen-bond acceptors (Lipinski definition) is 6. The number of methoxy groups -OCH3 is 1. The molecule has 33 heavy (non-hydrogen) atoms. The molecule has 0 atom stereocenters. The van der Waals surface area contributed by atoms with E-state index in [4.69, 9.17) is 26.8 Å². The summed E-state index contributed by atoms with van der Waals surface area (Å²) in [6.07, 6.45) is 4.06. The number of benzene rings is 1. The summed E-state index contributed by atoms with van der Waals surface area (Å²) < 4.78 is 10.7. The number of H-pyrrole nitrogens is 1. The van der Waals surface area contributed by atoms with E-state index in [1.807, 2.05) is 18.2 Å². The number of aromatic nitrogens is 2. The molecular formula is C24H22ClN5O3. The van der Waals surface area contributed by atoms with Crippen molar-refractivity contribution in [1.82, 2.24) is 15.3 Å². The molecule has 2 aliphatic rings. The Labute approximate surface area is 195 Å². The van der Waals surface area contributed by atoms with Gasteiger partial charge in [-0.3, -0.25) is 9.78 Å². The Balaban J connectivity index is 1.66. The number of nitrogens with two attached hydrogens (primary N) is 1. The molecule has 1 saturated heterocycles. The van der Waals surface area contributed by atoms with Gasteiger partial charge in [0, 0.05) is 36.6 Å². The van der Waals surface area contributed by atoms with Crippen LogP contribution in [0.4, 0.5) is 11.4 Å². The summed E-state index contributed by atoms with van der Waals surface area (Å²) in [5, 5.41) is 6.76. The van der Waals surface area contributed by atoms with Crippen molar-refractivity contribution in [3.63, 3.8) is 0 Å². The first kappa shape index (κ1) is 21.3. The van der Waals surface area contributed by atoms with E-state index in [0.717, 1.165) is 17.0 Å². The zero-order valence-electron chi connectivity index (χ0n) is 17.9. The highest BCUT2D eigenvalue weighted by Crippen LogP contribution is 2.41. The van der Waals surface area contributed by atoms with E-state index in [0.29, 0.717) is 59.5 Å². The molecule has 2 aromatic heterocycles. The van der Waals surface area contributed by atoms with Crippen LogP contribution in [0.25, 0.3) is 11.3 Å². The second kappa shape index (κ2) is 8.45. The maximum absolute atomic E-state index is 12.9. The van der Waals surface area contributed by atoms with Crippen LogP contribution in [0.1, 0.15) is 21.6 Å². The Kier molecular flexibility index (Phi) is 5.46. The van der Waals surface area contributed by atoms with Gasteiger partial charge in [0.05, 0.1) is 53.5 Å². The number of rotatable bonds is 4. The third-order valence-corrected chi connectivity index (χ3v) is 5.95. The summed E-state index contributed by atoms with van der Waals surface area (Å²) in [5.41, 5.74) is 10.4. The minimum absolute atomic E-state index is 0.156. The molecule has 0 unspecified atom stereocenters. The Hall–Kier alpha value is -3.51. The molecule has 1 fully saturated rings. The van der Waals surface area contributed by atoms with Crippen molar-refractivity contribution in [3.05, 3.63) is 58.5 Å². The summed E-state index contributed by atoms with van der Waals surface area (Å²) in [6.45, 7) is 1.35. The SMILES string of the molecule is COc1c(Cl)cccc1Nc1c(-c2ccncc2C#CC2(N)COC2)[nH]c2c1C(=O)NCC2. The molecular weight excluding hydrogens is 442 g/mol. The van der Waals surface area contributed by atoms with E-state index < -0.39 is 5.54 Å². The van der Waals surface area contributed by atoms with Crippen LogP contribution in [0.2, 0.25) is 5.02 Å². The highest BCUT2D eigenvalue weighted by atomic mass is 35.5. The molecule has 1 amide bonds. The molecule has 4 heterocycles. The molecule has 0 bridgehead atoms. The van der Waals surface area contributed by atoms with Gasteiger partial charge in [0.2, 0.25) is 0 Å². The molecule has 5 N–H and O–H groups in total. The molecule has 8 nitrogen and oxygen atoms in total. The van der Waals surface area contributed by atoms with Crippen LogP contribution in [-0.4, -0.2) is 48.3 Å². The number of fused-ring (bicyclic) bond motifs is 1. The van der Waals surface area contributed by atoms with Crippen molar-refractivity contribution in [2.75, 3.05) is 32.2 Å². The molecule has 3 aromatic rings. The number of pyridine rings is 1. The van der Waals surface area contributed by atoms with Gasteiger partial charge in [-0.05, 0) is 18.2 Å². The standard InChI is InChI=1S/C24H22ClN5O3/c1-32-22-16(25)3-2-4-18(22)30-21-19-17(7-10-28-23(19)31)29-20(21)15-6-9-27-11-14(15)5-8-24(26)12-33-13-24/h2-4,6,9,11,29-30H,7,10,12-13,26H2,1H3,(H,28,31). The van der Waals surface area contributed by atoms with Gasteiger partial charge in [-0.1, -0.05) is 29.5 Å². The van der Waals surface area contributed by atoms with Gasteiger partial charge in [0.1, 0.15) is 5.54 Å². The quantitative estimate of drug-likeness (QED) is 0.442. The fourth-order valence-corrected chi connectivity index (χ4v) is 4.21. The molecule has 9 heteroatoms. The Bertz CT molecular complexity index is 1300. The van der Waals surface area contributed by atoms with Crippen molar-refractivity contribution < 1.29 is 14.3 Å². The maximum atomic E-state index is 12.9. The maximum Gasteiger partial charge on any atom is 0.255 e. The number of aromatic amines is 1. The van der Waals surface area contributed by atoms with E-state index in [2.05, 4.69) is 32.4 Å². The van der Waals surface area contributed by atoms with E-state index in [1.165, 1.54) is 0 Å². The third-order valence-electron chi connectivity index (χ3n) is 5.65. The molecule has 2 aliphatic heterocycles. The van der Waals surface area contributed by atoms with E-state index in [-0.39, 0.29) is 5.91 Å². The van der Waals surface area contributed by atoms with Crippen LogP contribution >= 0.6 is 11.6 Å². The van der Waals surface area contributed by atoms with Crippen LogP contribution in [0.15, 0.2) is 36.7 Å². The van der Waals surface area contributed by atoms with Gasteiger partial charge < -0.3 is 30.8 Å². The van der Waals surface area contributed by atoms with Crippen molar-refractivity contribution in [2.24, 2.45) is 5.73 Å². The van der Waals surface area contributed by atoms with E-state index in [1.54, 1.807) is 25.6 Å². The number of nitrogens with zero attached hydrogens (tertiary/aromatic N) is 1. The van der Waals surface area contributed by atoms with Crippen LogP contribution in [0, 0.1) is 11.8 Å². The number of para-hydroxylation sites is 1. The number of amides is 1. The summed E-state index contributed by atoms with van der Waals surface area (Å²) in [4.78, 5) is 20.5. The zero-order chi connectivity index (χ0) is 23.0.